The van der Waals surface area contributed by atoms with Gasteiger partial charge in [0.15, 0.2) is 0 Å². The summed E-state index contributed by atoms with van der Waals surface area (Å²) in [5, 5.41) is 0. The number of nitrogens with zero attached hydrogens (tertiary/aromatic N) is 1. The second-order valence-electron chi connectivity index (χ2n) is 5.33. The van der Waals surface area contributed by atoms with Crippen molar-refractivity contribution in [2.24, 2.45) is 0 Å². The topological polar surface area (TPSA) is 38.5 Å². The molecule has 0 bridgehead atoms. The highest BCUT2D eigenvalue weighted by atomic mass is 16.5. The first kappa shape index (κ1) is 12.9. The Kier molecular flexibility index (Phi) is 3.50. The predicted molar refractivity (Wildman–Crippen MR) is 83.3 cm³/mol. The molecule has 3 heteroatoms. The molecule has 1 aliphatic heterocycles. The van der Waals surface area contributed by atoms with E-state index in [9.17, 15) is 0 Å². The first-order valence-electron chi connectivity index (χ1n) is 7.05. The number of hydrogen-bond donors (Lipinski definition) is 1. The molecule has 0 amide bonds. The minimum absolute atomic E-state index is 0.233. The van der Waals surface area contributed by atoms with E-state index in [4.69, 9.17) is 10.5 Å². The van der Waals surface area contributed by atoms with Crippen LogP contribution in [0.15, 0.2) is 48.5 Å². The molecule has 0 spiro atoms. The van der Waals surface area contributed by atoms with Crippen LogP contribution in [0.4, 0.5) is 11.4 Å². The number of aryl methyl sites for hydroxylation is 1. The van der Waals surface area contributed by atoms with E-state index < -0.39 is 0 Å². The molecule has 0 aliphatic carbocycles. The predicted octanol–water partition coefficient (Wildman–Crippen LogP) is 3.23. The number of ether oxygens (including phenoxy) is 1. The molecule has 20 heavy (non-hydrogen) atoms. The summed E-state index contributed by atoms with van der Waals surface area (Å²) in [5.41, 5.74) is 9.16. The average molecular weight is 268 g/mol. The zero-order chi connectivity index (χ0) is 13.9. The van der Waals surface area contributed by atoms with E-state index in [1.54, 1.807) is 0 Å². The summed E-state index contributed by atoms with van der Waals surface area (Å²) in [4.78, 5) is 2.40. The summed E-state index contributed by atoms with van der Waals surface area (Å²) in [6, 6.07) is 16.2. The Hall–Kier alpha value is -2.16. The first-order valence-corrected chi connectivity index (χ1v) is 7.05. The molecule has 104 valence electrons. The zero-order valence-corrected chi connectivity index (χ0v) is 11.8. The molecule has 1 heterocycles. The number of hydrogen-bond acceptors (Lipinski definition) is 3. The highest BCUT2D eigenvalue weighted by molar-refractivity contribution is 5.54. The third kappa shape index (κ3) is 2.72. The summed E-state index contributed by atoms with van der Waals surface area (Å²) in [7, 11) is 0. The van der Waals surface area contributed by atoms with Crippen LogP contribution < -0.4 is 15.4 Å². The average Bonchev–Trinajstić information content (AvgIpc) is 2.87. The van der Waals surface area contributed by atoms with Gasteiger partial charge in [0, 0.05) is 30.4 Å². The summed E-state index contributed by atoms with van der Waals surface area (Å²) >= 11 is 0. The van der Waals surface area contributed by atoms with Gasteiger partial charge in [0.2, 0.25) is 0 Å². The second-order valence-corrected chi connectivity index (χ2v) is 5.33. The van der Waals surface area contributed by atoms with E-state index in [0.29, 0.717) is 0 Å². The third-order valence-corrected chi connectivity index (χ3v) is 3.76. The number of para-hydroxylation sites is 1. The lowest BCUT2D eigenvalue weighted by Crippen LogP contribution is -2.25. The number of anilines is 2. The Labute approximate surface area is 120 Å². The Bertz CT molecular complexity index is 597. The third-order valence-electron chi connectivity index (χ3n) is 3.76. The van der Waals surface area contributed by atoms with Crippen molar-refractivity contribution in [1.29, 1.82) is 0 Å². The Morgan fingerprint density at radius 1 is 1.15 bits per heavy atom. The van der Waals surface area contributed by atoms with Crippen LogP contribution >= 0.6 is 0 Å². The second kappa shape index (κ2) is 5.45. The largest absolute Gasteiger partial charge is 0.488 e. The van der Waals surface area contributed by atoms with Crippen LogP contribution in [0.25, 0.3) is 0 Å². The van der Waals surface area contributed by atoms with Crippen molar-refractivity contribution in [2.75, 3.05) is 23.7 Å². The van der Waals surface area contributed by atoms with Gasteiger partial charge in [-0.1, -0.05) is 24.3 Å². The molecule has 0 radical (unpaired) electrons. The highest BCUT2D eigenvalue weighted by Gasteiger charge is 2.24. The molecule has 2 aromatic carbocycles. The Morgan fingerprint density at radius 2 is 2.00 bits per heavy atom. The molecule has 2 N–H and O–H groups in total. The van der Waals surface area contributed by atoms with Gasteiger partial charge in [0.25, 0.3) is 0 Å². The van der Waals surface area contributed by atoms with E-state index in [-0.39, 0.29) is 6.10 Å². The number of benzene rings is 2. The van der Waals surface area contributed by atoms with Crippen LogP contribution in [0.2, 0.25) is 0 Å². The maximum atomic E-state index is 6.03. The van der Waals surface area contributed by atoms with Crippen LogP contribution in [0.5, 0.6) is 5.75 Å². The van der Waals surface area contributed by atoms with Crippen LogP contribution in [0.3, 0.4) is 0 Å². The van der Waals surface area contributed by atoms with Crippen molar-refractivity contribution in [3.63, 3.8) is 0 Å². The molecule has 1 fully saturated rings. The van der Waals surface area contributed by atoms with Crippen LogP contribution in [-0.2, 0) is 0 Å². The molecule has 1 atom stereocenters. The van der Waals surface area contributed by atoms with Gasteiger partial charge in [-0.2, -0.15) is 0 Å². The van der Waals surface area contributed by atoms with E-state index in [1.807, 2.05) is 24.3 Å². The Balaban J connectivity index is 1.67. The summed E-state index contributed by atoms with van der Waals surface area (Å²) in [6.45, 7) is 4.12. The summed E-state index contributed by atoms with van der Waals surface area (Å²) < 4.78 is 6.03. The van der Waals surface area contributed by atoms with Crippen molar-refractivity contribution >= 4 is 11.4 Å². The first-order chi connectivity index (χ1) is 9.72. The van der Waals surface area contributed by atoms with Gasteiger partial charge in [-0.05, 0) is 30.7 Å². The molecule has 1 aliphatic rings. The minimum atomic E-state index is 0.233. The quantitative estimate of drug-likeness (QED) is 0.869. The van der Waals surface area contributed by atoms with Crippen molar-refractivity contribution in [3.8, 4) is 5.75 Å². The standard InChI is InChI=1S/C17H20N2O/c1-13-5-2-3-8-17(13)19-10-9-16(12-19)20-15-7-4-6-14(18)11-15/h2-8,11,16H,9-10,12,18H2,1H3. The lowest BCUT2D eigenvalue weighted by molar-refractivity contribution is 0.225. The normalized spacial score (nSPS) is 18.2. The van der Waals surface area contributed by atoms with E-state index in [1.165, 1.54) is 11.3 Å². The summed E-state index contributed by atoms with van der Waals surface area (Å²) in [5.74, 6) is 0.863. The van der Waals surface area contributed by atoms with Gasteiger partial charge in [-0.15, -0.1) is 0 Å². The summed E-state index contributed by atoms with van der Waals surface area (Å²) in [6.07, 6.45) is 1.28. The maximum Gasteiger partial charge on any atom is 0.121 e. The van der Waals surface area contributed by atoms with Gasteiger partial charge < -0.3 is 15.4 Å². The van der Waals surface area contributed by atoms with Crippen molar-refractivity contribution in [1.82, 2.24) is 0 Å². The van der Waals surface area contributed by atoms with Gasteiger partial charge in [0.1, 0.15) is 11.9 Å². The van der Waals surface area contributed by atoms with Crippen molar-refractivity contribution < 1.29 is 4.74 Å². The van der Waals surface area contributed by atoms with E-state index in [2.05, 4.69) is 36.1 Å². The van der Waals surface area contributed by atoms with Crippen LogP contribution in [-0.4, -0.2) is 19.2 Å². The molecule has 0 aromatic heterocycles. The minimum Gasteiger partial charge on any atom is -0.488 e. The van der Waals surface area contributed by atoms with Gasteiger partial charge in [-0.3, -0.25) is 0 Å². The SMILES string of the molecule is Cc1ccccc1N1CCC(Oc2cccc(N)c2)C1. The smallest absolute Gasteiger partial charge is 0.121 e. The molecular formula is C17H20N2O. The fourth-order valence-corrected chi connectivity index (χ4v) is 2.74. The van der Waals surface area contributed by atoms with Gasteiger partial charge in [0.05, 0.1) is 6.54 Å². The fraction of sp³-hybridized carbons (Fsp3) is 0.294. The molecule has 0 saturated carbocycles. The monoisotopic (exact) mass is 268 g/mol. The lowest BCUT2D eigenvalue weighted by Gasteiger charge is -2.21. The van der Waals surface area contributed by atoms with E-state index >= 15 is 0 Å². The lowest BCUT2D eigenvalue weighted by atomic mass is 10.2. The molecule has 2 aromatic rings. The molecule has 1 saturated heterocycles. The highest BCUT2D eigenvalue weighted by Crippen LogP contribution is 2.26. The van der Waals surface area contributed by atoms with Gasteiger partial charge in [-0.25, -0.2) is 0 Å². The van der Waals surface area contributed by atoms with E-state index in [0.717, 1.165) is 30.9 Å². The molecule has 1 unspecified atom stereocenters. The van der Waals surface area contributed by atoms with Crippen molar-refractivity contribution in [2.45, 2.75) is 19.4 Å². The molecular weight excluding hydrogens is 248 g/mol. The molecule has 3 nitrogen and oxygen atoms in total. The zero-order valence-electron chi connectivity index (χ0n) is 11.8. The maximum absolute atomic E-state index is 6.03. The van der Waals surface area contributed by atoms with Crippen LogP contribution in [0.1, 0.15) is 12.0 Å². The fourth-order valence-electron chi connectivity index (χ4n) is 2.74. The van der Waals surface area contributed by atoms with Crippen LogP contribution in [0, 0.1) is 6.92 Å². The number of nitrogen functional groups attached to an aromatic ring is 1. The number of nitrogens with two attached hydrogens (primary N) is 1. The number of rotatable bonds is 3. The molecule has 3 rings (SSSR count). The van der Waals surface area contributed by atoms with Gasteiger partial charge >= 0.3 is 0 Å². The van der Waals surface area contributed by atoms with Crippen molar-refractivity contribution in [3.05, 3.63) is 54.1 Å². The Morgan fingerprint density at radius 3 is 2.80 bits per heavy atom.